The van der Waals surface area contributed by atoms with E-state index in [4.69, 9.17) is 23.7 Å². The lowest BCUT2D eigenvalue weighted by Crippen LogP contribution is -2.11. The third kappa shape index (κ3) is 5.92. The number of nitrogens with one attached hydrogen (secondary N) is 1. The number of anilines is 1. The Kier molecular flexibility index (Phi) is 8.34. The number of ether oxygens (including phenoxy) is 5. The second-order valence-corrected chi connectivity index (χ2v) is 7.25. The first-order valence-electron chi connectivity index (χ1n) is 10.6. The van der Waals surface area contributed by atoms with Gasteiger partial charge in [-0.2, -0.15) is 0 Å². The van der Waals surface area contributed by atoms with Gasteiger partial charge in [0.2, 0.25) is 11.7 Å². The summed E-state index contributed by atoms with van der Waals surface area (Å²) in [5, 5.41) is 2.77. The van der Waals surface area contributed by atoms with Crippen LogP contribution in [0, 0.1) is 0 Å². The molecule has 182 valence electrons. The summed E-state index contributed by atoms with van der Waals surface area (Å²) in [4.78, 5) is 25.8. The molecule has 3 aromatic rings. The molecule has 8 nitrogen and oxygen atoms in total. The van der Waals surface area contributed by atoms with Crippen LogP contribution in [-0.2, 0) is 4.79 Å². The summed E-state index contributed by atoms with van der Waals surface area (Å²) in [5.74, 6) is 1.58. The first-order valence-corrected chi connectivity index (χ1v) is 10.6. The first-order chi connectivity index (χ1) is 16.9. The van der Waals surface area contributed by atoms with Gasteiger partial charge in [0, 0.05) is 17.2 Å². The molecular weight excluding hydrogens is 450 g/mol. The number of hydrogen-bond donors (Lipinski definition) is 1. The Morgan fingerprint density at radius 3 is 1.86 bits per heavy atom. The SMILES string of the molecule is COc1ccc(/C=C/C(=O)Nc2cc(C(=O)c3cc(OC)c(OC)c(OC)c3)ccc2OC)cc1. The highest BCUT2D eigenvalue weighted by molar-refractivity contribution is 6.11. The summed E-state index contributed by atoms with van der Waals surface area (Å²) in [6, 6.07) is 15.2. The topological polar surface area (TPSA) is 92.3 Å². The number of amides is 1. The fourth-order valence-corrected chi connectivity index (χ4v) is 3.39. The molecule has 3 rings (SSSR count). The zero-order valence-corrected chi connectivity index (χ0v) is 20.2. The third-order valence-corrected chi connectivity index (χ3v) is 5.19. The lowest BCUT2D eigenvalue weighted by Gasteiger charge is -2.14. The Bertz CT molecular complexity index is 1210. The predicted octanol–water partition coefficient (Wildman–Crippen LogP) is 4.61. The maximum Gasteiger partial charge on any atom is 0.248 e. The van der Waals surface area contributed by atoms with Crippen molar-refractivity contribution < 1.29 is 33.3 Å². The average Bonchev–Trinajstić information content (AvgIpc) is 2.90. The minimum absolute atomic E-state index is 0.295. The largest absolute Gasteiger partial charge is 0.497 e. The molecule has 3 aromatic carbocycles. The van der Waals surface area contributed by atoms with Gasteiger partial charge in [-0.15, -0.1) is 0 Å². The Labute approximate surface area is 204 Å². The van der Waals surface area contributed by atoms with Gasteiger partial charge in [-0.25, -0.2) is 0 Å². The van der Waals surface area contributed by atoms with E-state index >= 15 is 0 Å². The highest BCUT2D eigenvalue weighted by Crippen LogP contribution is 2.39. The number of benzene rings is 3. The molecule has 0 bridgehead atoms. The summed E-state index contributed by atoms with van der Waals surface area (Å²) < 4.78 is 26.5. The van der Waals surface area contributed by atoms with E-state index in [1.807, 2.05) is 12.1 Å². The standard InChI is InChI=1S/C27H27NO7/c1-31-20-10-6-17(7-11-20)8-13-25(29)28-21-14-18(9-12-22(21)32-2)26(30)19-15-23(33-3)27(35-5)24(16-19)34-4/h6-16H,1-5H3,(H,28,29)/b13-8+. The van der Waals surface area contributed by atoms with Crippen molar-refractivity contribution in [3.05, 3.63) is 77.4 Å². The maximum atomic E-state index is 13.3. The number of methoxy groups -OCH3 is 5. The van der Waals surface area contributed by atoms with Crippen LogP contribution in [0.15, 0.2) is 60.7 Å². The van der Waals surface area contributed by atoms with Gasteiger partial charge in [0.05, 0.1) is 41.2 Å². The van der Waals surface area contributed by atoms with Crippen LogP contribution in [0.3, 0.4) is 0 Å². The Balaban J connectivity index is 1.86. The molecule has 0 saturated heterocycles. The predicted molar refractivity (Wildman–Crippen MR) is 133 cm³/mol. The van der Waals surface area contributed by atoms with E-state index in [1.165, 1.54) is 34.5 Å². The molecular formula is C27H27NO7. The van der Waals surface area contributed by atoms with Crippen LogP contribution >= 0.6 is 0 Å². The monoisotopic (exact) mass is 477 g/mol. The first kappa shape index (κ1) is 25.2. The van der Waals surface area contributed by atoms with Gasteiger partial charge in [0.25, 0.3) is 0 Å². The summed E-state index contributed by atoms with van der Waals surface area (Å²) in [6.07, 6.45) is 3.07. The fourth-order valence-electron chi connectivity index (χ4n) is 3.39. The summed E-state index contributed by atoms with van der Waals surface area (Å²) in [5.41, 5.74) is 1.87. The molecule has 0 fully saturated rings. The number of ketones is 1. The van der Waals surface area contributed by atoms with Crippen molar-refractivity contribution in [2.45, 2.75) is 0 Å². The smallest absolute Gasteiger partial charge is 0.248 e. The number of hydrogen-bond acceptors (Lipinski definition) is 7. The lowest BCUT2D eigenvalue weighted by atomic mass is 10.0. The van der Waals surface area contributed by atoms with Gasteiger partial charge < -0.3 is 29.0 Å². The summed E-state index contributed by atoms with van der Waals surface area (Å²) in [7, 11) is 7.52. The molecule has 0 unspecified atom stereocenters. The Morgan fingerprint density at radius 1 is 0.686 bits per heavy atom. The number of carbonyl (C=O) groups is 2. The fraction of sp³-hybridized carbons (Fsp3) is 0.185. The molecule has 0 heterocycles. The quantitative estimate of drug-likeness (QED) is 0.337. The second kappa shape index (κ2) is 11.6. The normalized spacial score (nSPS) is 10.5. The Hall–Kier alpha value is -4.46. The van der Waals surface area contributed by atoms with E-state index in [-0.39, 0.29) is 11.7 Å². The molecule has 0 aliphatic rings. The highest BCUT2D eigenvalue weighted by Gasteiger charge is 2.19. The molecule has 1 N–H and O–H groups in total. The van der Waals surface area contributed by atoms with Crippen LogP contribution in [0.1, 0.15) is 21.5 Å². The lowest BCUT2D eigenvalue weighted by molar-refractivity contribution is -0.111. The van der Waals surface area contributed by atoms with Crippen molar-refractivity contribution in [3.63, 3.8) is 0 Å². The average molecular weight is 478 g/mol. The van der Waals surface area contributed by atoms with Crippen molar-refractivity contribution in [2.24, 2.45) is 0 Å². The van der Waals surface area contributed by atoms with Crippen LogP contribution in [-0.4, -0.2) is 47.2 Å². The maximum absolute atomic E-state index is 13.3. The van der Waals surface area contributed by atoms with Gasteiger partial charge in [-0.3, -0.25) is 9.59 Å². The molecule has 0 aliphatic carbocycles. The minimum atomic E-state index is -0.378. The van der Waals surface area contributed by atoms with Crippen LogP contribution in [0.25, 0.3) is 6.08 Å². The van der Waals surface area contributed by atoms with Crippen LogP contribution in [0.2, 0.25) is 0 Å². The Morgan fingerprint density at radius 2 is 1.31 bits per heavy atom. The van der Waals surface area contributed by atoms with Crippen LogP contribution in [0.4, 0.5) is 5.69 Å². The van der Waals surface area contributed by atoms with Crippen molar-refractivity contribution in [2.75, 3.05) is 40.9 Å². The van der Waals surface area contributed by atoms with Gasteiger partial charge in [0.1, 0.15) is 11.5 Å². The molecule has 1 amide bonds. The molecule has 0 spiro atoms. The van der Waals surface area contributed by atoms with E-state index in [0.29, 0.717) is 39.8 Å². The molecule has 0 aliphatic heterocycles. The van der Waals surface area contributed by atoms with Gasteiger partial charge in [-0.1, -0.05) is 12.1 Å². The zero-order valence-electron chi connectivity index (χ0n) is 20.2. The number of carbonyl (C=O) groups excluding carboxylic acids is 2. The molecule has 0 saturated carbocycles. The highest BCUT2D eigenvalue weighted by atomic mass is 16.5. The number of rotatable bonds is 10. The molecule has 0 aromatic heterocycles. The van der Waals surface area contributed by atoms with Gasteiger partial charge in [-0.05, 0) is 54.1 Å². The summed E-state index contributed by atoms with van der Waals surface area (Å²) in [6.45, 7) is 0. The second-order valence-electron chi connectivity index (χ2n) is 7.25. The van der Waals surface area contributed by atoms with Crippen molar-refractivity contribution in [3.8, 4) is 28.7 Å². The molecule has 0 atom stereocenters. The van der Waals surface area contributed by atoms with E-state index in [1.54, 1.807) is 55.7 Å². The summed E-state index contributed by atoms with van der Waals surface area (Å²) >= 11 is 0. The van der Waals surface area contributed by atoms with E-state index in [9.17, 15) is 9.59 Å². The molecule has 0 radical (unpaired) electrons. The third-order valence-electron chi connectivity index (χ3n) is 5.19. The van der Waals surface area contributed by atoms with E-state index in [2.05, 4.69) is 5.32 Å². The van der Waals surface area contributed by atoms with Gasteiger partial charge in [0.15, 0.2) is 17.3 Å². The molecule has 8 heteroatoms. The molecule has 35 heavy (non-hydrogen) atoms. The minimum Gasteiger partial charge on any atom is -0.497 e. The van der Waals surface area contributed by atoms with Crippen LogP contribution < -0.4 is 29.0 Å². The van der Waals surface area contributed by atoms with Crippen molar-refractivity contribution >= 4 is 23.5 Å². The van der Waals surface area contributed by atoms with Crippen molar-refractivity contribution in [1.82, 2.24) is 0 Å². The van der Waals surface area contributed by atoms with E-state index < -0.39 is 0 Å². The van der Waals surface area contributed by atoms with E-state index in [0.717, 1.165) is 11.3 Å². The van der Waals surface area contributed by atoms with Crippen molar-refractivity contribution in [1.29, 1.82) is 0 Å². The zero-order chi connectivity index (χ0) is 25.4. The van der Waals surface area contributed by atoms with Crippen LogP contribution in [0.5, 0.6) is 28.7 Å². The van der Waals surface area contributed by atoms with Gasteiger partial charge >= 0.3 is 0 Å².